The molecule has 10 aromatic carbocycles. The summed E-state index contributed by atoms with van der Waals surface area (Å²) in [6.07, 6.45) is 0. The number of hydrogen-bond donors (Lipinski definition) is 0. The molecule has 0 bridgehead atoms. The lowest BCUT2D eigenvalue weighted by Crippen LogP contribution is -2.25. The molecule has 12 aromatic rings. The van der Waals surface area contributed by atoms with Crippen LogP contribution in [0, 0.1) is 0 Å². The molecular formula is C63H38N2S. The van der Waals surface area contributed by atoms with E-state index in [1.165, 1.54) is 86.6 Å². The molecule has 2 nitrogen and oxygen atoms in total. The lowest BCUT2D eigenvalue weighted by Gasteiger charge is -2.30. The lowest BCUT2D eigenvalue weighted by molar-refractivity contribution is 0.794. The number of hydrogen-bond acceptors (Lipinski definition) is 3. The van der Waals surface area contributed by atoms with Gasteiger partial charge in [-0.25, -0.2) is 9.97 Å². The summed E-state index contributed by atoms with van der Waals surface area (Å²) in [6, 6.07) is 84.5. The lowest BCUT2D eigenvalue weighted by atomic mass is 9.70. The molecule has 3 heteroatoms. The summed E-state index contributed by atoms with van der Waals surface area (Å²) in [5, 5.41) is 5.02. The highest BCUT2D eigenvalue weighted by atomic mass is 32.1. The minimum Gasteiger partial charge on any atom is -0.228 e. The maximum Gasteiger partial charge on any atom is 0.160 e. The Labute approximate surface area is 386 Å². The minimum atomic E-state index is -0.403. The van der Waals surface area contributed by atoms with Gasteiger partial charge in [0, 0.05) is 36.9 Å². The van der Waals surface area contributed by atoms with Gasteiger partial charge in [-0.1, -0.05) is 194 Å². The number of nitrogens with zero attached hydrogens (tertiary/aromatic N) is 2. The molecule has 0 N–H and O–H groups in total. The van der Waals surface area contributed by atoms with Gasteiger partial charge in [0.05, 0.1) is 16.8 Å². The average molecular weight is 855 g/mol. The number of benzene rings is 10. The van der Waals surface area contributed by atoms with Crippen molar-refractivity contribution in [3.05, 3.63) is 253 Å². The van der Waals surface area contributed by atoms with Gasteiger partial charge in [0.25, 0.3) is 0 Å². The van der Waals surface area contributed by atoms with E-state index in [1.807, 2.05) is 11.3 Å². The summed E-state index contributed by atoms with van der Waals surface area (Å²) >= 11 is 1.87. The van der Waals surface area contributed by atoms with Gasteiger partial charge in [-0.15, -0.1) is 11.3 Å². The molecule has 2 heterocycles. The first kappa shape index (κ1) is 37.2. The van der Waals surface area contributed by atoms with E-state index >= 15 is 0 Å². The van der Waals surface area contributed by atoms with Crippen LogP contribution >= 0.6 is 11.3 Å². The third-order valence-electron chi connectivity index (χ3n) is 14.1. The third-order valence-corrected chi connectivity index (χ3v) is 15.3. The SMILES string of the molecule is c1ccc(-c2nc(-c3cc(-c4cccc5ccccc45)cc(-c4cccc5c4sc4ccccc45)c3)cc(-c3ccc4c(c3)-c3ccccc3C43c4ccccc4-c4ccccc43)n2)cc1. The van der Waals surface area contributed by atoms with Crippen LogP contribution in [0.25, 0.3) is 109 Å². The Kier molecular flexibility index (Phi) is 8.10. The van der Waals surface area contributed by atoms with E-state index in [1.54, 1.807) is 0 Å². The maximum atomic E-state index is 5.44. The topological polar surface area (TPSA) is 25.8 Å². The largest absolute Gasteiger partial charge is 0.228 e. The highest BCUT2D eigenvalue weighted by Gasteiger charge is 2.51. The monoisotopic (exact) mass is 854 g/mol. The molecule has 2 aliphatic rings. The van der Waals surface area contributed by atoms with Crippen molar-refractivity contribution in [1.29, 1.82) is 0 Å². The molecule has 0 atom stereocenters. The molecule has 0 aliphatic heterocycles. The van der Waals surface area contributed by atoms with Crippen LogP contribution in [0.4, 0.5) is 0 Å². The Morgan fingerprint density at radius 3 is 1.58 bits per heavy atom. The molecule has 0 amide bonds. The third kappa shape index (κ3) is 5.41. The van der Waals surface area contributed by atoms with Crippen LogP contribution in [-0.2, 0) is 5.41 Å². The van der Waals surface area contributed by atoms with Gasteiger partial charge in [0.2, 0.25) is 0 Å². The zero-order chi connectivity index (χ0) is 43.3. The summed E-state index contributed by atoms with van der Waals surface area (Å²) in [5.41, 5.74) is 19.6. The van der Waals surface area contributed by atoms with Crippen molar-refractivity contribution in [1.82, 2.24) is 9.97 Å². The Bertz CT molecular complexity index is 3900. The van der Waals surface area contributed by atoms with Gasteiger partial charge in [0.15, 0.2) is 5.82 Å². The van der Waals surface area contributed by atoms with E-state index in [2.05, 4.69) is 231 Å². The minimum absolute atomic E-state index is 0.403. The summed E-state index contributed by atoms with van der Waals surface area (Å²) in [7, 11) is 0. The van der Waals surface area contributed by atoms with Crippen LogP contribution < -0.4 is 0 Å². The average Bonchev–Trinajstić information content (AvgIpc) is 4.03. The zero-order valence-electron chi connectivity index (χ0n) is 35.7. The van der Waals surface area contributed by atoms with Crippen molar-refractivity contribution in [2.75, 3.05) is 0 Å². The van der Waals surface area contributed by atoms with Gasteiger partial charge < -0.3 is 0 Å². The molecule has 2 aromatic heterocycles. The van der Waals surface area contributed by atoms with Crippen molar-refractivity contribution in [2.24, 2.45) is 0 Å². The summed E-state index contributed by atoms with van der Waals surface area (Å²) < 4.78 is 2.58. The molecule has 0 radical (unpaired) electrons. The molecule has 14 rings (SSSR count). The fourth-order valence-corrected chi connectivity index (χ4v) is 12.5. The van der Waals surface area contributed by atoms with Gasteiger partial charge >= 0.3 is 0 Å². The normalized spacial score (nSPS) is 13.0. The van der Waals surface area contributed by atoms with Gasteiger partial charge in [-0.2, -0.15) is 0 Å². The van der Waals surface area contributed by atoms with Crippen LogP contribution in [0.1, 0.15) is 22.3 Å². The highest BCUT2D eigenvalue weighted by molar-refractivity contribution is 7.26. The standard InChI is InChI=1S/C63H38N2S/c1-2-17-40(18-3-1)62-64-58(41-32-33-57-53(37-41)50-23-8-12-30-56(50)63(57)54-28-10-6-21-48(54)49-22-7-11-29-55(49)63)38-59(65-62)44-35-42(46-25-14-19-39-16-4-5-20-45(39)46)34-43(36-44)47-26-15-27-52-51-24-9-13-31-60(51)66-61(47)52/h1-38H. The fourth-order valence-electron chi connectivity index (χ4n) is 11.3. The Morgan fingerprint density at radius 1 is 0.303 bits per heavy atom. The predicted molar refractivity (Wildman–Crippen MR) is 276 cm³/mol. The first-order valence-corrected chi connectivity index (χ1v) is 23.5. The zero-order valence-corrected chi connectivity index (χ0v) is 36.6. The first-order chi connectivity index (χ1) is 32.7. The molecular weight excluding hydrogens is 817 g/mol. The molecule has 66 heavy (non-hydrogen) atoms. The van der Waals surface area contributed by atoms with Crippen LogP contribution in [-0.4, -0.2) is 9.97 Å². The van der Waals surface area contributed by atoms with Crippen LogP contribution in [0.15, 0.2) is 231 Å². The van der Waals surface area contributed by atoms with Crippen LogP contribution in [0.5, 0.6) is 0 Å². The number of fused-ring (bicyclic) bond motifs is 14. The van der Waals surface area contributed by atoms with Crippen molar-refractivity contribution in [3.8, 4) is 78.4 Å². The van der Waals surface area contributed by atoms with E-state index in [9.17, 15) is 0 Å². The maximum absolute atomic E-state index is 5.44. The van der Waals surface area contributed by atoms with E-state index in [0.717, 1.165) is 39.2 Å². The predicted octanol–water partition coefficient (Wildman–Crippen LogP) is 16.7. The van der Waals surface area contributed by atoms with Gasteiger partial charge in [0.1, 0.15) is 0 Å². The second-order valence-corrected chi connectivity index (χ2v) is 18.6. The Balaban J connectivity index is 1.00. The number of thiophene rings is 1. The van der Waals surface area contributed by atoms with Crippen molar-refractivity contribution in [2.45, 2.75) is 5.41 Å². The second kappa shape index (κ2) is 14.4. The number of aromatic nitrogens is 2. The van der Waals surface area contributed by atoms with Gasteiger partial charge in [-0.3, -0.25) is 0 Å². The Morgan fingerprint density at radius 2 is 0.818 bits per heavy atom. The van der Waals surface area contributed by atoms with E-state index in [-0.39, 0.29) is 0 Å². The van der Waals surface area contributed by atoms with E-state index in [0.29, 0.717) is 5.82 Å². The first-order valence-electron chi connectivity index (χ1n) is 22.6. The summed E-state index contributed by atoms with van der Waals surface area (Å²) in [4.78, 5) is 10.8. The molecule has 1 spiro atoms. The van der Waals surface area contributed by atoms with Gasteiger partial charge in [-0.05, 0) is 114 Å². The van der Waals surface area contributed by atoms with Crippen LogP contribution in [0.3, 0.4) is 0 Å². The fraction of sp³-hybridized carbons (Fsp3) is 0.0159. The molecule has 0 fully saturated rings. The summed E-state index contributed by atoms with van der Waals surface area (Å²) in [6.45, 7) is 0. The number of rotatable bonds is 5. The van der Waals surface area contributed by atoms with E-state index in [4.69, 9.17) is 9.97 Å². The van der Waals surface area contributed by atoms with Crippen molar-refractivity contribution < 1.29 is 0 Å². The Hall–Kier alpha value is -8.24. The van der Waals surface area contributed by atoms with E-state index < -0.39 is 5.41 Å². The van der Waals surface area contributed by atoms with Crippen molar-refractivity contribution in [3.63, 3.8) is 0 Å². The molecule has 0 saturated carbocycles. The van der Waals surface area contributed by atoms with Crippen molar-refractivity contribution >= 4 is 42.3 Å². The van der Waals surface area contributed by atoms with Crippen LogP contribution in [0.2, 0.25) is 0 Å². The molecule has 0 unspecified atom stereocenters. The quantitative estimate of drug-likeness (QED) is 0.172. The summed E-state index contributed by atoms with van der Waals surface area (Å²) in [5.74, 6) is 0.697. The highest BCUT2D eigenvalue weighted by Crippen LogP contribution is 2.63. The smallest absolute Gasteiger partial charge is 0.160 e. The molecule has 2 aliphatic carbocycles. The molecule has 306 valence electrons. The molecule has 0 saturated heterocycles. The second-order valence-electron chi connectivity index (χ2n) is 17.6.